The molecule has 0 aromatic heterocycles. The van der Waals surface area contributed by atoms with Crippen LogP contribution in [0.15, 0.2) is 59.6 Å². The highest BCUT2D eigenvalue weighted by Crippen LogP contribution is 2.34. The number of benzene rings is 2. The maximum Gasteiger partial charge on any atom is 0.416 e. The number of halogens is 4. The normalized spacial score (nSPS) is 16.5. The number of nitrogens with one attached hydrogen (secondary N) is 2. The van der Waals surface area contributed by atoms with Crippen LogP contribution in [0.1, 0.15) is 29.5 Å². The van der Waals surface area contributed by atoms with Gasteiger partial charge in [0.2, 0.25) is 0 Å². The van der Waals surface area contributed by atoms with Crippen LogP contribution < -0.4 is 10.6 Å². The molecule has 164 valence electrons. The molecule has 2 aromatic rings. The Morgan fingerprint density at radius 3 is 2.20 bits per heavy atom. The first-order valence-electron chi connectivity index (χ1n) is 9.67. The molecule has 0 spiro atoms. The van der Waals surface area contributed by atoms with Gasteiger partial charge in [-0.05, 0) is 36.1 Å². The van der Waals surface area contributed by atoms with Gasteiger partial charge in [0.25, 0.3) is 0 Å². The van der Waals surface area contributed by atoms with Crippen LogP contribution in [0.3, 0.4) is 0 Å². The fraction of sp³-hybridized carbons (Fsp3) is 0.409. The fourth-order valence-corrected chi connectivity index (χ4v) is 3.59. The molecule has 1 fully saturated rings. The maximum atomic E-state index is 12.7. The molecule has 0 aliphatic carbocycles. The minimum atomic E-state index is -4.32. The third-order valence-corrected chi connectivity index (χ3v) is 5.40. The monoisotopic (exact) mass is 533 g/mol. The van der Waals surface area contributed by atoms with Crippen LogP contribution in [-0.2, 0) is 22.9 Å². The molecule has 0 radical (unpaired) electrons. The lowest BCUT2D eigenvalue weighted by atomic mass is 9.74. The number of aliphatic imine (C=N–C) groups is 1. The molecule has 2 N–H and O–H groups in total. The average Bonchev–Trinajstić information content (AvgIpc) is 2.75. The van der Waals surface area contributed by atoms with E-state index in [1.165, 1.54) is 17.7 Å². The van der Waals surface area contributed by atoms with Crippen molar-refractivity contribution in [1.82, 2.24) is 10.6 Å². The third-order valence-electron chi connectivity index (χ3n) is 5.40. The van der Waals surface area contributed by atoms with Gasteiger partial charge in [0.15, 0.2) is 5.96 Å². The number of hydrogen-bond acceptors (Lipinski definition) is 2. The van der Waals surface area contributed by atoms with Crippen molar-refractivity contribution < 1.29 is 17.9 Å². The smallest absolute Gasteiger partial charge is 0.381 e. The van der Waals surface area contributed by atoms with E-state index < -0.39 is 11.7 Å². The Morgan fingerprint density at radius 1 is 1.00 bits per heavy atom. The molecular formula is C22H27F3IN3O. The highest BCUT2D eigenvalue weighted by atomic mass is 127. The van der Waals surface area contributed by atoms with E-state index in [1.807, 2.05) is 18.2 Å². The summed E-state index contributed by atoms with van der Waals surface area (Å²) in [5.41, 5.74) is 1.35. The van der Waals surface area contributed by atoms with Gasteiger partial charge < -0.3 is 15.4 Å². The van der Waals surface area contributed by atoms with Crippen molar-refractivity contribution in [2.24, 2.45) is 4.99 Å². The quantitative estimate of drug-likeness (QED) is 0.332. The SMILES string of the molecule is CN=C(NCc1ccc(C(F)(F)F)cc1)NCC1(c2ccccc2)CCOCC1.I. The minimum absolute atomic E-state index is 0. The molecule has 0 saturated carbocycles. The largest absolute Gasteiger partial charge is 0.416 e. The van der Waals surface area contributed by atoms with Gasteiger partial charge in [-0.15, -0.1) is 24.0 Å². The number of nitrogens with zero attached hydrogens (tertiary/aromatic N) is 1. The molecule has 1 aliphatic rings. The van der Waals surface area contributed by atoms with E-state index in [9.17, 15) is 13.2 Å². The summed E-state index contributed by atoms with van der Waals surface area (Å²) in [4.78, 5) is 4.25. The molecule has 0 atom stereocenters. The lowest BCUT2D eigenvalue weighted by molar-refractivity contribution is -0.137. The predicted molar refractivity (Wildman–Crippen MR) is 123 cm³/mol. The van der Waals surface area contributed by atoms with Crippen LogP contribution in [0.4, 0.5) is 13.2 Å². The summed E-state index contributed by atoms with van der Waals surface area (Å²) >= 11 is 0. The molecule has 2 aromatic carbocycles. The van der Waals surface area contributed by atoms with Gasteiger partial charge in [0.05, 0.1) is 5.56 Å². The molecule has 1 aliphatic heterocycles. The van der Waals surface area contributed by atoms with Crippen molar-refractivity contribution in [3.63, 3.8) is 0 Å². The zero-order valence-electron chi connectivity index (χ0n) is 16.8. The Balaban J connectivity index is 0.00000320. The van der Waals surface area contributed by atoms with Crippen molar-refractivity contribution in [1.29, 1.82) is 0 Å². The maximum absolute atomic E-state index is 12.7. The Kier molecular flexibility index (Phi) is 8.96. The van der Waals surface area contributed by atoms with Crippen molar-refractivity contribution >= 4 is 29.9 Å². The summed E-state index contributed by atoms with van der Waals surface area (Å²) in [5, 5.41) is 6.57. The first kappa shape index (κ1) is 24.5. The lowest BCUT2D eigenvalue weighted by Crippen LogP contribution is -2.47. The van der Waals surface area contributed by atoms with Crippen molar-refractivity contribution in [2.75, 3.05) is 26.8 Å². The molecule has 1 saturated heterocycles. The van der Waals surface area contributed by atoms with Gasteiger partial charge in [-0.3, -0.25) is 4.99 Å². The van der Waals surface area contributed by atoms with E-state index in [4.69, 9.17) is 4.74 Å². The average molecular weight is 533 g/mol. The van der Waals surface area contributed by atoms with Crippen LogP contribution in [-0.4, -0.2) is 32.8 Å². The number of guanidine groups is 1. The highest BCUT2D eigenvalue weighted by molar-refractivity contribution is 14.0. The van der Waals surface area contributed by atoms with Gasteiger partial charge in [0.1, 0.15) is 0 Å². The third kappa shape index (κ3) is 6.34. The Labute approximate surface area is 192 Å². The summed E-state index contributed by atoms with van der Waals surface area (Å²) in [6.45, 7) is 2.52. The summed E-state index contributed by atoms with van der Waals surface area (Å²) in [7, 11) is 1.68. The first-order chi connectivity index (χ1) is 13.9. The summed E-state index contributed by atoms with van der Waals surface area (Å²) in [6.07, 6.45) is -2.49. The fourth-order valence-electron chi connectivity index (χ4n) is 3.59. The molecule has 4 nitrogen and oxygen atoms in total. The van der Waals surface area contributed by atoms with E-state index in [-0.39, 0.29) is 29.4 Å². The summed E-state index contributed by atoms with van der Waals surface area (Å²) in [6, 6.07) is 15.5. The van der Waals surface area contributed by atoms with Crippen LogP contribution >= 0.6 is 24.0 Å². The topological polar surface area (TPSA) is 45.7 Å². The van der Waals surface area contributed by atoms with Gasteiger partial charge >= 0.3 is 6.18 Å². The molecule has 0 unspecified atom stereocenters. The first-order valence-corrected chi connectivity index (χ1v) is 9.67. The van der Waals surface area contributed by atoms with E-state index in [2.05, 4.69) is 27.8 Å². The van der Waals surface area contributed by atoms with E-state index in [0.29, 0.717) is 32.3 Å². The summed E-state index contributed by atoms with van der Waals surface area (Å²) < 4.78 is 43.6. The molecule has 0 amide bonds. The summed E-state index contributed by atoms with van der Waals surface area (Å²) in [5.74, 6) is 0.617. The van der Waals surface area contributed by atoms with E-state index in [0.717, 1.165) is 30.5 Å². The second kappa shape index (κ2) is 11.0. The highest BCUT2D eigenvalue weighted by Gasteiger charge is 2.34. The minimum Gasteiger partial charge on any atom is -0.381 e. The molecule has 0 bridgehead atoms. The zero-order chi connectivity index (χ0) is 20.7. The second-order valence-electron chi connectivity index (χ2n) is 7.23. The molecular weight excluding hydrogens is 506 g/mol. The number of ether oxygens (including phenoxy) is 1. The lowest BCUT2D eigenvalue weighted by Gasteiger charge is -2.38. The zero-order valence-corrected chi connectivity index (χ0v) is 19.2. The van der Waals surface area contributed by atoms with Crippen molar-refractivity contribution in [3.8, 4) is 0 Å². The van der Waals surface area contributed by atoms with Gasteiger partial charge in [0, 0.05) is 38.8 Å². The van der Waals surface area contributed by atoms with Crippen LogP contribution in [0, 0.1) is 0 Å². The van der Waals surface area contributed by atoms with Crippen molar-refractivity contribution in [3.05, 3.63) is 71.3 Å². The number of alkyl halides is 3. The Bertz CT molecular complexity index is 805. The standard InChI is InChI=1S/C22H26F3N3O.HI/c1-26-20(27-15-17-7-9-19(10-8-17)22(23,24)25)28-16-21(11-13-29-14-12-21)18-5-3-2-4-6-18;/h2-10H,11-16H2,1H3,(H2,26,27,28);1H. The van der Waals surface area contributed by atoms with Crippen molar-refractivity contribution in [2.45, 2.75) is 31.0 Å². The molecule has 8 heteroatoms. The Morgan fingerprint density at radius 2 is 1.63 bits per heavy atom. The predicted octanol–water partition coefficient (Wildman–Crippen LogP) is 4.74. The number of rotatable bonds is 5. The van der Waals surface area contributed by atoms with E-state index in [1.54, 1.807) is 7.05 Å². The van der Waals surface area contributed by atoms with Crippen LogP contribution in [0.25, 0.3) is 0 Å². The van der Waals surface area contributed by atoms with Gasteiger partial charge in [-0.2, -0.15) is 13.2 Å². The van der Waals surface area contributed by atoms with Crippen LogP contribution in [0.2, 0.25) is 0 Å². The van der Waals surface area contributed by atoms with Gasteiger partial charge in [-0.1, -0.05) is 42.5 Å². The Hall–Kier alpha value is -1.81. The van der Waals surface area contributed by atoms with Crippen LogP contribution in [0.5, 0.6) is 0 Å². The molecule has 1 heterocycles. The molecule has 3 rings (SSSR count). The molecule has 30 heavy (non-hydrogen) atoms. The second-order valence-corrected chi connectivity index (χ2v) is 7.23. The van der Waals surface area contributed by atoms with E-state index >= 15 is 0 Å². The number of hydrogen-bond donors (Lipinski definition) is 2. The van der Waals surface area contributed by atoms with Gasteiger partial charge in [-0.25, -0.2) is 0 Å².